The second-order valence-corrected chi connectivity index (χ2v) is 4.23. The number of nitrogens with zero attached hydrogens (tertiary/aromatic N) is 2. The van der Waals surface area contributed by atoms with Crippen LogP contribution in [0.15, 0.2) is 12.2 Å². The molecular formula is C11H18N2O2S. The molecule has 0 aromatic carbocycles. The summed E-state index contributed by atoms with van der Waals surface area (Å²) >= 11 is 4.95. The van der Waals surface area contributed by atoms with Crippen LogP contribution >= 0.6 is 12.2 Å². The van der Waals surface area contributed by atoms with Crippen LogP contribution in [0.2, 0.25) is 0 Å². The molecule has 1 aliphatic carbocycles. The summed E-state index contributed by atoms with van der Waals surface area (Å²) in [5, 5.41) is 3.33. The van der Waals surface area contributed by atoms with Crippen LogP contribution in [0.5, 0.6) is 0 Å². The van der Waals surface area contributed by atoms with Gasteiger partial charge >= 0.3 is 0 Å². The van der Waals surface area contributed by atoms with E-state index in [1.165, 1.54) is 17.1 Å². The standard InChI is InChI=1S/C11H18N2O2S/c1-12(13(2)11(16)15-3)10(14)8-9-6-4-5-7-9/h4,6,9H,5,7-8H2,1-3H3. The zero-order valence-corrected chi connectivity index (χ0v) is 10.8. The SMILES string of the molecule is COC(=S)N(C)N(C)C(=O)CC1C=CCC1. The van der Waals surface area contributed by atoms with Crippen LogP contribution in [0.4, 0.5) is 0 Å². The van der Waals surface area contributed by atoms with Crippen molar-refractivity contribution in [2.45, 2.75) is 19.3 Å². The fraction of sp³-hybridized carbons (Fsp3) is 0.636. The Morgan fingerprint density at radius 1 is 1.50 bits per heavy atom. The molecule has 0 saturated heterocycles. The van der Waals surface area contributed by atoms with Crippen LogP contribution in [0.3, 0.4) is 0 Å². The lowest BCUT2D eigenvalue weighted by Gasteiger charge is -2.29. The highest BCUT2D eigenvalue weighted by atomic mass is 32.1. The van der Waals surface area contributed by atoms with E-state index < -0.39 is 0 Å². The molecule has 0 radical (unpaired) electrons. The van der Waals surface area contributed by atoms with Gasteiger partial charge in [0.15, 0.2) is 0 Å². The molecule has 0 heterocycles. The molecule has 16 heavy (non-hydrogen) atoms. The number of rotatable bonds is 2. The molecule has 5 heteroatoms. The van der Waals surface area contributed by atoms with Crippen LogP contribution in [0, 0.1) is 5.92 Å². The molecule has 1 rings (SSSR count). The summed E-state index contributed by atoms with van der Waals surface area (Å²) in [6.07, 6.45) is 6.91. The fourth-order valence-electron chi connectivity index (χ4n) is 1.64. The molecule has 0 spiro atoms. The zero-order valence-electron chi connectivity index (χ0n) is 9.97. The second-order valence-electron chi connectivity index (χ2n) is 3.88. The average molecular weight is 242 g/mol. The predicted octanol–water partition coefficient (Wildman–Crippen LogP) is 1.58. The number of ether oxygens (including phenoxy) is 1. The first kappa shape index (κ1) is 13.0. The highest BCUT2D eigenvalue weighted by molar-refractivity contribution is 7.79. The van der Waals surface area contributed by atoms with Gasteiger partial charge in [0.05, 0.1) is 7.11 Å². The maximum atomic E-state index is 11.9. The Morgan fingerprint density at radius 3 is 2.69 bits per heavy atom. The van der Waals surface area contributed by atoms with E-state index in [9.17, 15) is 4.79 Å². The van der Waals surface area contributed by atoms with Crippen LogP contribution in [0.1, 0.15) is 19.3 Å². The Labute approximate surface area is 102 Å². The molecule has 90 valence electrons. The van der Waals surface area contributed by atoms with Crippen molar-refractivity contribution in [3.05, 3.63) is 12.2 Å². The summed E-state index contributed by atoms with van der Waals surface area (Å²) in [4.78, 5) is 11.9. The summed E-state index contributed by atoms with van der Waals surface area (Å²) in [5.74, 6) is 0.429. The van der Waals surface area contributed by atoms with E-state index in [0.29, 0.717) is 12.3 Å². The number of carbonyl (C=O) groups is 1. The highest BCUT2D eigenvalue weighted by Gasteiger charge is 2.20. The minimum atomic E-state index is 0.0541. The summed E-state index contributed by atoms with van der Waals surface area (Å²) in [7, 11) is 4.91. The predicted molar refractivity (Wildman–Crippen MR) is 66.6 cm³/mol. The van der Waals surface area contributed by atoms with Gasteiger partial charge in [-0.2, -0.15) is 0 Å². The monoisotopic (exact) mass is 242 g/mol. The van der Waals surface area contributed by atoms with Gasteiger partial charge in [-0.3, -0.25) is 9.80 Å². The van der Waals surface area contributed by atoms with Crippen LogP contribution in [-0.2, 0) is 9.53 Å². The molecule has 0 fully saturated rings. The van der Waals surface area contributed by atoms with Crippen molar-refractivity contribution in [3.8, 4) is 0 Å². The molecule has 0 N–H and O–H groups in total. The Morgan fingerprint density at radius 2 is 2.19 bits per heavy atom. The third kappa shape index (κ3) is 3.20. The van der Waals surface area contributed by atoms with Gasteiger partial charge in [0.1, 0.15) is 0 Å². The van der Waals surface area contributed by atoms with Gasteiger partial charge < -0.3 is 4.74 Å². The molecule has 4 nitrogen and oxygen atoms in total. The van der Waals surface area contributed by atoms with Crippen molar-refractivity contribution in [1.82, 2.24) is 10.0 Å². The van der Waals surface area contributed by atoms with Crippen LogP contribution in [0.25, 0.3) is 0 Å². The van der Waals surface area contributed by atoms with E-state index in [4.69, 9.17) is 17.0 Å². The largest absolute Gasteiger partial charge is 0.473 e. The van der Waals surface area contributed by atoms with E-state index in [-0.39, 0.29) is 11.1 Å². The maximum absolute atomic E-state index is 11.9. The van der Waals surface area contributed by atoms with E-state index in [2.05, 4.69) is 12.2 Å². The molecule has 0 aromatic heterocycles. The van der Waals surface area contributed by atoms with E-state index in [1.807, 2.05) is 0 Å². The van der Waals surface area contributed by atoms with Gasteiger partial charge in [0.25, 0.3) is 5.17 Å². The minimum Gasteiger partial charge on any atom is -0.473 e. The normalized spacial score (nSPS) is 18.3. The van der Waals surface area contributed by atoms with Gasteiger partial charge in [0.2, 0.25) is 5.91 Å². The van der Waals surface area contributed by atoms with Crippen molar-refractivity contribution in [2.24, 2.45) is 5.92 Å². The summed E-state index contributed by atoms with van der Waals surface area (Å²) in [6, 6.07) is 0. The molecular weight excluding hydrogens is 224 g/mol. The number of amides is 1. The molecule has 1 unspecified atom stereocenters. The Balaban J connectivity index is 2.46. The Kier molecular flexibility index (Phi) is 4.73. The third-order valence-electron chi connectivity index (χ3n) is 2.80. The Hall–Kier alpha value is -1.10. The molecule has 1 amide bonds. The lowest BCUT2D eigenvalue weighted by atomic mass is 10.1. The zero-order chi connectivity index (χ0) is 12.1. The average Bonchev–Trinajstić information content (AvgIpc) is 2.78. The second kappa shape index (κ2) is 5.84. The highest BCUT2D eigenvalue weighted by Crippen LogP contribution is 2.21. The van der Waals surface area contributed by atoms with Crippen LogP contribution in [-0.4, -0.2) is 42.3 Å². The smallest absolute Gasteiger partial charge is 0.278 e. The quantitative estimate of drug-likeness (QED) is 0.418. The third-order valence-corrected chi connectivity index (χ3v) is 3.23. The topological polar surface area (TPSA) is 32.8 Å². The molecule has 0 saturated carbocycles. The fourth-order valence-corrected chi connectivity index (χ4v) is 1.77. The number of methoxy groups -OCH3 is 1. The summed E-state index contributed by atoms with van der Waals surface area (Å²) in [6.45, 7) is 0. The van der Waals surface area contributed by atoms with Crippen molar-refractivity contribution in [1.29, 1.82) is 0 Å². The van der Waals surface area contributed by atoms with E-state index >= 15 is 0 Å². The summed E-state index contributed by atoms with van der Waals surface area (Å²) in [5.41, 5.74) is 0. The van der Waals surface area contributed by atoms with Gasteiger partial charge in [0, 0.05) is 20.5 Å². The van der Waals surface area contributed by atoms with E-state index in [0.717, 1.165) is 12.8 Å². The lowest BCUT2D eigenvalue weighted by molar-refractivity contribution is -0.140. The molecule has 0 aliphatic heterocycles. The number of hydrazine groups is 1. The minimum absolute atomic E-state index is 0.0541. The molecule has 1 atom stereocenters. The lowest BCUT2D eigenvalue weighted by Crippen LogP contribution is -2.45. The van der Waals surface area contributed by atoms with Gasteiger partial charge in [-0.15, -0.1) is 0 Å². The van der Waals surface area contributed by atoms with Crippen molar-refractivity contribution in [3.63, 3.8) is 0 Å². The van der Waals surface area contributed by atoms with E-state index in [1.54, 1.807) is 14.1 Å². The molecule has 1 aliphatic rings. The van der Waals surface area contributed by atoms with Crippen molar-refractivity contribution < 1.29 is 9.53 Å². The van der Waals surface area contributed by atoms with Crippen molar-refractivity contribution >= 4 is 23.3 Å². The first-order valence-electron chi connectivity index (χ1n) is 5.31. The Bertz CT molecular complexity index is 304. The number of hydrogen-bond acceptors (Lipinski definition) is 3. The summed E-state index contributed by atoms with van der Waals surface area (Å²) < 4.78 is 4.90. The number of thiocarbonyl (C=S) groups is 1. The molecule has 0 aromatic rings. The van der Waals surface area contributed by atoms with Gasteiger partial charge in [-0.05, 0) is 31.0 Å². The number of hydrogen-bond donors (Lipinski definition) is 0. The first-order chi connectivity index (χ1) is 7.56. The van der Waals surface area contributed by atoms with Gasteiger partial charge in [-0.25, -0.2) is 5.01 Å². The van der Waals surface area contributed by atoms with Crippen LogP contribution < -0.4 is 0 Å². The number of allylic oxidation sites excluding steroid dienone is 2. The maximum Gasteiger partial charge on any atom is 0.278 e. The van der Waals surface area contributed by atoms with Gasteiger partial charge in [-0.1, -0.05) is 12.2 Å². The molecule has 0 bridgehead atoms. The van der Waals surface area contributed by atoms with Crippen molar-refractivity contribution in [2.75, 3.05) is 21.2 Å². The number of carbonyl (C=O) groups excluding carboxylic acids is 1. The first-order valence-corrected chi connectivity index (χ1v) is 5.72.